The van der Waals surface area contributed by atoms with Gasteiger partial charge in [0.25, 0.3) is 0 Å². The Morgan fingerprint density at radius 1 is 1.33 bits per heavy atom. The SMILES string of the molecule is C[C@@H]1C[C@H](c2ccccc2F)N(CC(=O)NCc2cccnc2)C1. The quantitative estimate of drug-likeness (QED) is 0.918. The third kappa shape index (κ3) is 3.97. The molecule has 0 spiro atoms. The molecule has 1 fully saturated rings. The van der Waals surface area contributed by atoms with Crippen LogP contribution < -0.4 is 5.32 Å². The molecule has 4 nitrogen and oxygen atoms in total. The highest BCUT2D eigenvalue weighted by Gasteiger charge is 2.33. The van der Waals surface area contributed by atoms with Crippen LogP contribution in [0.15, 0.2) is 48.8 Å². The van der Waals surface area contributed by atoms with Crippen molar-refractivity contribution >= 4 is 5.91 Å². The van der Waals surface area contributed by atoms with Crippen LogP contribution in [0.2, 0.25) is 0 Å². The van der Waals surface area contributed by atoms with E-state index in [1.807, 2.05) is 24.3 Å². The molecule has 2 atom stereocenters. The number of likely N-dealkylation sites (tertiary alicyclic amines) is 1. The van der Waals surface area contributed by atoms with Crippen LogP contribution in [-0.2, 0) is 11.3 Å². The van der Waals surface area contributed by atoms with Gasteiger partial charge in [-0.25, -0.2) is 4.39 Å². The number of hydrogen-bond donors (Lipinski definition) is 1. The molecule has 3 rings (SSSR count). The van der Waals surface area contributed by atoms with Crippen molar-refractivity contribution in [3.63, 3.8) is 0 Å². The average molecular weight is 327 g/mol. The highest BCUT2D eigenvalue weighted by molar-refractivity contribution is 5.78. The lowest BCUT2D eigenvalue weighted by Gasteiger charge is -2.24. The zero-order valence-electron chi connectivity index (χ0n) is 13.8. The number of carbonyl (C=O) groups excluding carboxylic acids is 1. The number of halogens is 1. The summed E-state index contributed by atoms with van der Waals surface area (Å²) in [6.45, 7) is 3.69. The number of nitrogens with one attached hydrogen (secondary N) is 1. The lowest BCUT2D eigenvalue weighted by Crippen LogP contribution is -2.37. The van der Waals surface area contributed by atoms with Crippen LogP contribution in [0.4, 0.5) is 4.39 Å². The third-order valence-electron chi connectivity index (χ3n) is 4.44. The Bertz CT molecular complexity index is 692. The summed E-state index contributed by atoms with van der Waals surface area (Å²) in [7, 11) is 0. The third-order valence-corrected chi connectivity index (χ3v) is 4.44. The molecular formula is C19H22FN3O. The maximum Gasteiger partial charge on any atom is 0.234 e. The van der Waals surface area contributed by atoms with Crippen molar-refractivity contribution in [1.29, 1.82) is 0 Å². The minimum atomic E-state index is -0.197. The van der Waals surface area contributed by atoms with Gasteiger partial charge in [-0.15, -0.1) is 0 Å². The summed E-state index contributed by atoms with van der Waals surface area (Å²) in [6, 6.07) is 10.6. The van der Waals surface area contributed by atoms with Crippen LogP contribution in [0.5, 0.6) is 0 Å². The maximum atomic E-state index is 14.1. The number of nitrogens with zero attached hydrogens (tertiary/aromatic N) is 2. The van der Waals surface area contributed by atoms with Crippen molar-refractivity contribution in [3.05, 3.63) is 65.7 Å². The van der Waals surface area contributed by atoms with Gasteiger partial charge in [-0.05, 0) is 30.0 Å². The Balaban J connectivity index is 1.62. The van der Waals surface area contributed by atoms with Crippen molar-refractivity contribution in [1.82, 2.24) is 15.2 Å². The molecule has 126 valence electrons. The average Bonchev–Trinajstić information content (AvgIpc) is 2.94. The monoisotopic (exact) mass is 327 g/mol. The fourth-order valence-corrected chi connectivity index (χ4v) is 3.32. The molecule has 2 aromatic rings. The number of carbonyl (C=O) groups is 1. The molecule has 24 heavy (non-hydrogen) atoms. The van der Waals surface area contributed by atoms with Crippen molar-refractivity contribution in [3.8, 4) is 0 Å². The van der Waals surface area contributed by atoms with Crippen LogP contribution in [0.1, 0.15) is 30.5 Å². The van der Waals surface area contributed by atoms with Gasteiger partial charge >= 0.3 is 0 Å². The van der Waals surface area contributed by atoms with Gasteiger partial charge in [0.2, 0.25) is 5.91 Å². The summed E-state index contributed by atoms with van der Waals surface area (Å²) in [6.07, 6.45) is 4.31. The number of amides is 1. The summed E-state index contributed by atoms with van der Waals surface area (Å²) in [5.74, 6) is 0.201. The first-order valence-corrected chi connectivity index (χ1v) is 8.27. The van der Waals surface area contributed by atoms with E-state index < -0.39 is 0 Å². The second-order valence-electron chi connectivity index (χ2n) is 6.45. The molecule has 5 heteroatoms. The highest BCUT2D eigenvalue weighted by Crippen LogP contribution is 2.35. The first-order valence-electron chi connectivity index (χ1n) is 8.27. The second kappa shape index (κ2) is 7.53. The largest absolute Gasteiger partial charge is 0.351 e. The van der Waals surface area contributed by atoms with Crippen molar-refractivity contribution in [2.45, 2.75) is 25.9 Å². The van der Waals surface area contributed by atoms with Gasteiger partial charge in [0.05, 0.1) is 6.54 Å². The number of aromatic nitrogens is 1. The van der Waals surface area contributed by atoms with E-state index in [1.165, 1.54) is 6.07 Å². The molecule has 1 saturated heterocycles. The molecule has 1 aliphatic heterocycles. The van der Waals surface area contributed by atoms with Crippen LogP contribution in [0.25, 0.3) is 0 Å². The van der Waals surface area contributed by atoms with Crippen molar-refractivity contribution in [2.24, 2.45) is 5.92 Å². The Kier molecular flexibility index (Phi) is 5.20. The van der Waals surface area contributed by atoms with Crippen molar-refractivity contribution < 1.29 is 9.18 Å². The molecule has 2 heterocycles. The number of rotatable bonds is 5. The molecule has 1 aromatic carbocycles. The minimum Gasteiger partial charge on any atom is -0.351 e. The molecule has 1 aromatic heterocycles. The van der Waals surface area contributed by atoms with E-state index in [0.29, 0.717) is 18.0 Å². The predicted octanol–water partition coefficient (Wildman–Crippen LogP) is 2.92. The Labute approximate surface area is 141 Å². The van der Waals surface area contributed by atoms with Gasteiger partial charge in [0, 0.05) is 37.1 Å². The zero-order chi connectivity index (χ0) is 16.9. The van der Waals surface area contributed by atoms with E-state index in [0.717, 1.165) is 18.5 Å². The topological polar surface area (TPSA) is 45.2 Å². The Morgan fingerprint density at radius 3 is 2.92 bits per heavy atom. The number of benzene rings is 1. The second-order valence-corrected chi connectivity index (χ2v) is 6.45. The van der Waals surface area contributed by atoms with E-state index in [2.05, 4.69) is 22.1 Å². The van der Waals surface area contributed by atoms with Gasteiger partial charge < -0.3 is 5.32 Å². The zero-order valence-corrected chi connectivity index (χ0v) is 13.8. The van der Waals surface area contributed by atoms with E-state index in [4.69, 9.17) is 0 Å². The highest BCUT2D eigenvalue weighted by atomic mass is 19.1. The summed E-state index contributed by atoms with van der Waals surface area (Å²) < 4.78 is 14.1. The molecule has 1 N–H and O–H groups in total. The van der Waals surface area contributed by atoms with Gasteiger partial charge in [0.15, 0.2) is 0 Å². The van der Waals surface area contributed by atoms with Gasteiger partial charge in [-0.3, -0.25) is 14.7 Å². The first kappa shape index (κ1) is 16.6. The minimum absolute atomic E-state index is 0.0367. The smallest absolute Gasteiger partial charge is 0.234 e. The van der Waals surface area contributed by atoms with Crippen molar-refractivity contribution in [2.75, 3.05) is 13.1 Å². The summed E-state index contributed by atoms with van der Waals surface area (Å²) in [5.41, 5.74) is 1.65. The Morgan fingerprint density at radius 2 is 2.17 bits per heavy atom. The number of hydrogen-bond acceptors (Lipinski definition) is 3. The summed E-state index contributed by atoms with van der Waals surface area (Å²) >= 11 is 0. The van der Waals surface area contributed by atoms with Crippen LogP contribution in [0.3, 0.4) is 0 Å². The number of pyridine rings is 1. The first-order chi connectivity index (χ1) is 11.6. The van der Waals surface area contributed by atoms with Gasteiger partial charge in [-0.1, -0.05) is 31.2 Å². The van der Waals surface area contributed by atoms with E-state index >= 15 is 0 Å². The fraction of sp³-hybridized carbons (Fsp3) is 0.368. The molecule has 0 saturated carbocycles. The summed E-state index contributed by atoms with van der Waals surface area (Å²) in [4.78, 5) is 18.4. The van der Waals surface area contributed by atoms with E-state index in [1.54, 1.807) is 18.5 Å². The molecule has 0 radical (unpaired) electrons. The predicted molar refractivity (Wildman–Crippen MR) is 90.6 cm³/mol. The summed E-state index contributed by atoms with van der Waals surface area (Å²) in [5, 5.41) is 2.91. The fourth-order valence-electron chi connectivity index (χ4n) is 3.32. The standard InChI is InChI=1S/C19H22FN3O/c1-14-9-18(16-6-2-3-7-17(16)20)23(12-14)13-19(24)22-11-15-5-4-8-21-10-15/h2-8,10,14,18H,9,11-13H2,1H3,(H,22,24)/t14-,18-/m1/s1. The normalized spacial score (nSPS) is 20.9. The van der Waals surface area contributed by atoms with Crippen LogP contribution in [-0.4, -0.2) is 28.9 Å². The lowest BCUT2D eigenvalue weighted by molar-refractivity contribution is -0.122. The molecule has 0 aliphatic carbocycles. The van der Waals surface area contributed by atoms with Crippen LogP contribution in [0, 0.1) is 11.7 Å². The van der Waals surface area contributed by atoms with E-state index in [-0.39, 0.29) is 24.3 Å². The molecule has 0 unspecified atom stereocenters. The van der Waals surface area contributed by atoms with Crippen LogP contribution >= 0.6 is 0 Å². The molecule has 0 bridgehead atoms. The van der Waals surface area contributed by atoms with Gasteiger partial charge in [0.1, 0.15) is 5.82 Å². The molecule has 1 aliphatic rings. The lowest BCUT2D eigenvalue weighted by atomic mass is 10.0. The maximum absolute atomic E-state index is 14.1. The molecule has 1 amide bonds. The molecular weight excluding hydrogens is 305 g/mol. The van der Waals surface area contributed by atoms with E-state index in [9.17, 15) is 9.18 Å². The Hall–Kier alpha value is -2.27. The van der Waals surface area contributed by atoms with Gasteiger partial charge in [-0.2, -0.15) is 0 Å².